The van der Waals surface area contributed by atoms with E-state index in [4.69, 9.17) is 0 Å². The van der Waals surface area contributed by atoms with Crippen molar-refractivity contribution >= 4 is 17.8 Å². The Morgan fingerprint density at radius 1 is 1.20 bits per heavy atom. The molecule has 1 spiro atoms. The molecule has 2 aliphatic carbocycles. The van der Waals surface area contributed by atoms with E-state index in [1.54, 1.807) is 11.9 Å². The predicted octanol–water partition coefficient (Wildman–Crippen LogP) is 2.62. The molecule has 25 heavy (non-hydrogen) atoms. The number of urea groups is 1. The lowest BCUT2D eigenvalue weighted by molar-refractivity contribution is -0.140. The Balaban J connectivity index is 1.69. The van der Waals surface area contributed by atoms with Crippen molar-refractivity contribution in [1.82, 2.24) is 14.7 Å². The molecule has 6 nitrogen and oxygen atoms in total. The Morgan fingerprint density at radius 3 is 2.40 bits per heavy atom. The molecule has 0 radical (unpaired) electrons. The van der Waals surface area contributed by atoms with Crippen molar-refractivity contribution < 1.29 is 14.4 Å². The van der Waals surface area contributed by atoms with E-state index in [9.17, 15) is 14.4 Å². The number of carbonyl (C=O) groups excluding carboxylic acids is 3. The molecule has 3 fully saturated rings. The average molecular weight is 349 g/mol. The number of hydrogen-bond acceptors (Lipinski definition) is 3. The van der Waals surface area contributed by atoms with E-state index in [2.05, 4.69) is 13.8 Å². The van der Waals surface area contributed by atoms with Gasteiger partial charge in [0.2, 0.25) is 5.91 Å². The zero-order valence-corrected chi connectivity index (χ0v) is 15.8. The van der Waals surface area contributed by atoms with E-state index in [1.807, 2.05) is 4.90 Å². The first kappa shape index (κ1) is 18.2. The van der Waals surface area contributed by atoms with Crippen LogP contribution in [0.4, 0.5) is 4.79 Å². The van der Waals surface area contributed by atoms with E-state index in [1.165, 1.54) is 4.90 Å². The lowest BCUT2D eigenvalue weighted by Gasteiger charge is -2.35. The quantitative estimate of drug-likeness (QED) is 0.693. The molecule has 0 aromatic carbocycles. The van der Waals surface area contributed by atoms with Gasteiger partial charge in [-0.25, -0.2) is 4.79 Å². The molecular weight excluding hydrogens is 318 g/mol. The number of hydrogen-bond donors (Lipinski definition) is 0. The monoisotopic (exact) mass is 349 g/mol. The van der Waals surface area contributed by atoms with Crippen molar-refractivity contribution in [1.29, 1.82) is 0 Å². The third-order valence-corrected chi connectivity index (χ3v) is 6.03. The fourth-order valence-electron chi connectivity index (χ4n) is 4.19. The highest BCUT2D eigenvalue weighted by Crippen LogP contribution is 2.39. The van der Waals surface area contributed by atoms with Crippen molar-refractivity contribution in [3.05, 3.63) is 0 Å². The number of imide groups is 1. The van der Waals surface area contributed by atoms with Gasteiger partial charge in [-0.15, -0.1) is 0 Å². The zero-order chi connectivity index (χ0) is 18.2. The second-order valence-corrected chi connectivity index (χ2v) is 8.33. The number of amides is 4. The maximum absolute atomic E-state index is 13.0. The zero-order valence-electron chi connectivity index (χ0n) is 15.8. The van der Waals surface area contributed by atoms with Gasteiger partial charge in [0.15, 0.2) is 0 Å². The van der Waals surface area contributed by atoms with Gasteiger partial charge in [-0.1, -0.05) is 33.1 Å². The average Bonchev–Trinajstić information content (AvgIpc) is 3.40. The summed E-state index contributed by atoms with van der Waals surface area (Å²) < 4.78 is 0. The fraction of sp³-hybridized carbons (Fsp3) is 0.842. The summed E-state index contributed by atoms with van der Waals surface area (Å²) >= 11 is 0. The van der Waals surface area contributed by atoms with E-state index in [0.29, 0.717) is 12.0 Å². The molecule has 4 amide bonds. The highest BCUT2D eigenvalue weighted by atomic mass is 16.2. The molecule has 1 heterocycles. The number of rotatable bonds is 6. The summed E-state index contributed by atoms with van der Waals surface area (Å²) in [5.41, 5.74) is -0.696. The second kappa shape index (κ2) is 6.96. The van der Waals surface area contributed by atoms with Gasteiger partial charge < -0.3 is 9.80 Å². The molecule has 6 heteroatoms. The Morgan fingerprint density at radius 2 is 1.84 bits per heavy atom. The second-order valence-electron chi connectivity index (χ2n) is 8.33. The van der Waals surface area contributed by atoms with Crippen LogP contribution in [0.1, 0.15) is 65.2 Å². The normalized spacial score (nSPS) is 23.0. The van der Waals surface area contributed by atoms with Crippen LogP contribution >= 0.6 is 0 Å². The minimum Gasteiger partial charge on any atom is -0.338 e. The molecule has 140 valence electrons. The molecule has 0 N–H and O–H groups in total. The van der Waals surface area contributed by atoms with Gasteiger partial charge in [0, 0.05) is 19.6 Å². The van der Waals surface area contributed by atoms with Crippen LogP contribution in [0.2, 0.25) is 0 Å². The van der Waals surface area contributed by atoms with Crippen molar-refractivity contribution in [2.45, 2.75) is 76.8 Å². The minimum atomic E-state index is -0.696. The molecule has 1 saturated heterocycles. The largest absolute Gasteiger partial charge is 0.338 e. The number of carbonyl (C=O) groups is 3. The number of nitrogens with zero attached hydrogens (tertiary/aromatic N) is 3. The van der Waals surface area contributed by atoms with Crippen LogP contribution in [0.3, 0.4) is 0 Å². The maximum Gasteiger partial charge on any atom is 0.327 e. The summed E-state index contributed by atoms with van der Waals surface area (Å²) in [5, 5.41) is 0. The van der Waals surface area contributed by atoms with Crippen LogP contribution in [0.15, 0.2) is 0 Å². The van der Waals surface area contributed by atoms with Crippen LogP contribution in [-0.2, 0) is 9.59 Å². The molecule has 0 unspecified atom stereocenters. The summed E-state index contributed by atoms with van der Waals surface area (Å²) in [6.07, 6.45) is 7.51. The lowest BCUT2D eigenvalue weighted by Crippen LogP contribution is -2.50. The van der Waals surface area contributed by atoms with Gasteiger partial charge in [-0.05, 0) is 38.0 Å². The van der Waals surface area contributed by atoms with Crippen LogP contribution in [-0.4, -0.2) is 64.3 Å². The van der Waals surface area contributed by atoms with Crippen molar-refractivity contribution in [3.8, 4) is 0 Å². The minimum absolute atomic E-state index is 0.0777. The third-order valence-electron chi connectivity index (χ3n) is 6.03. The first-order chi connectivity index (χ1) is 11.9. The van der Waals surface area contributed by atoms with Crippen LogP contribution in [0.5, 0.6) is 0 Å². The van der Waals surface area contributed by atoms with Crippen molar-refractivity contribution in [2.75, 3.05) is 20.1 Å². The SMILES string of the molecule is CC(C)CCN(C(=O)CN1C(=O)N(C)C2(CCCCC2)C1=O)C1CC1. The molecule has 1 aliphatic heterocycles. The first-order valence-corrected chi connectivity index (χ1v) is 9.76. The lowest BCUT2D eigenvalue weighted by atomic mass is 9.81. The molecule has 3 rings (SSSR count). The summed E-state index contributed by atoms with van der Waals surface area (Å²) in [5.74, 6) is 0.291. The fourth-order valence-corrected chi connectivity index (χ4v) is 4.19. The molecule has 0 aromatic rings. The summed E-state index contributed by atoms with van der Waals surface area (Å²) in [6, 6.07) is 0.000263. The summed E-state index contributed by atoms with van der Waals surface area (Å²) in [7, 11) is 1.72. The van der Waals surface area contributed by atoms with Gasteiger partial charge in [0.25, 0.3) is 5.91 Å². The van der Waals surface area contributed by atoms with Crippen LogP contribution in [0, 0.1) is 5.92 Å². The Bertz CT molecular complexity index is 550. The summed E-state index contributed by atoms with van der Waals surface area (Å²) in [6.45, 7) is 4.91. The van der Waals surface area contributed by atoms with E-state index < -0.39 is 5.54 Å². The first-order valence-electron chi connectivity index (χ1n) is 9.76. The molecule has 0 atom stereocenters. The molecule has 0 bridgehead atoms. The highest BCUT2D eigenvalue weighted by molar-refractivity contribution is 6.09. The third kappa shape index (κ3) is 3.40. The number of likely N-dealkylation sites (N-methyl/N-ethyl adjacent to an activating group) is 1. The summed E-state index contributed by atoms with van der Waals surface area (Å²) in [4.78, 5) is 43.2. The van der Waals surface area contributed by atoms with E-state index in [-0.39, 0.29) is 24.4 Å². The molecule has 3 aliphatic rings. The van der Waals surface area contributed by atoms with Gasteiger partial charge in [-0.2, -0.15) is 0 Å². The van der Waals surface area contributed by atoms with E-state index in [0.717, 1.165) is 57.9 Å². The smallest absolute Gasteiger partial charge is 0.327 e. The predicted molar refractivity (Wildman–Crippen MR) is 94.9 cm³/mol. The maximum atomic E-state index is 13.0. The van der Waals surface area contributed by atoms with Crippen LogP contribution in [0.25, 0.3) is 0 Å². The van der Waals surface area contributed by atoms with Gasteiger partial charge in [0.05, 0.1) is 0 Å². The topological polar surface area (TPSA) is 60.9 Å². The molecular formula is C19H31N3O3. The van der Waals surface area contributed by atoms with Gasteiger partial charge in [-0.3, -0.25) is 14.5 Å². The van der Waals surface area contributed by atoms with Crippen molar-refractivity contribution in [2.24, 2.45) is 5.92 Å². The molecule has 2 saturated carbocycles. The molecule has 0 aromatic heterocycles. The van der Waals surface area contributed by atoms with Crippen molar-refractivity contribution in [3.63, 3.8) is 0 Å². The standard InChI is InChI=1S/C19H31N3O3/c1-14(2)9-12-21(15-7-8-15)16(23)13-22-17(24)19(20(3)18(22)25)10-5-4-6-11-19/h14-15H,4-13H2,1-3H3. The Hall–Kier alpha value is -1.59. The van der Waals surface area contributed by atoms with Gasteiger partial charge in [0.1, 0.15) is 12.1 Å². The highest BCUT2D eigenvalue weighted by Gasteiger charge is 2.56. The van der Waals surface area contributed by atoms with Crippen LogP contribution < -0.4 is 0 Å². The van der Waals surface area contributed by atoms with Gasteiger partial charge >= 0.3 is 6.03 Å². The van der Waals surface area contributed by atoms with E-state index >= 15 is 0 Å². The Kier molecular flexibility index (Phi) is 5.07. The Labute approximate surface area is 150 Å².